The van der Waals surface area contributed by atoms with Gasteiger partial charge >= 0.3 is 23.9 Å². The van der Waals surface area contributed by atoms with Crippen LogP contribution in [0, 0.1) is 0 Å². The summed E-state index contributed by atoms with van der Waals surface area (Å²) in [6.45, 7) is 6.40. The van der Waals surface area contributed by atoms with Crippen LogP contribution in [0.1, 0.15) is 41.0 Å². The van der Waals surface area contributed by atoms with Gasteiger partial charge in [-0.05, 0) is 6.42 Å². The minimum Gasteiger partial charge on any atom is -0.463 e. The Morgan fingerprint density at radius 1 is 0.720 bits per heavy atom. The van der Waals surface area contributed by atoms with Crippen molar-refractivity contribution in [2.75, 3.05) is 6.61 Å². The van der Waals surface area contributed by atoms with Crippen molar-refractivity contribution < 1.29 is 42.9 Å². The molecule has 1 saturated heterocycles. The number of carbonyl (C=O) groups excluding carboxylic acids is 4. The summed E-state index contributed by atoms with van der Waals surface area (Å²) in [5, 5.41) is 0. The average Bonchev–Trinajstić information content (AvgIpc) is 2.48. The van der Waals surface area contributed by atoms with E-state index in [-0.39, 0.29) is 6.61 Å². The topological polar surface area (TPSA) is 114 Å². The lowest BCUT2D eigenvalue weighted by atomic mass is 9.93. The van der Waals surface area contributed by atoms with Crippen LogP contribution in [0.15, 0.2) is 0 Å². The molecule has 0 spiro atoms. The number of esters is 4. The van der Waals surface area contributed by atoms with Gasteiger partial charge < -0.3 is 23.7 Å². The minimum atomic E-state index is -1.09. The second-order valence-electron chi connectivity index (χ2n) is 5.65. The van der Waals surface area contributed by atoms with Crippen molar-refractivity contribution >= 4 is 23.9 Å². The van der Waals surface area contributed by atoms with E-state index in [1.807, 2.05) is 0 Å². The highest BCUT2D eigenvalue weighted by molar-refractivity contribution is 5.68. The summed E-state index contributed by atoms with van der Waals surface area (Å²) in [7, 11) is 0. The molecule has 0 aromatic heterocycles. The lowest BCUT2D eigenvalue weighted by Gasteiger charge is -2.44. The first-order valence-electron chi connectivity index (χ1n) is 7.96. The third kappa shape index (κ3) is 6.33. The maximum atomic E-state index is 11.5. The van der Waals surface area contributed by atoms with Crippen molar-refractivity contribution in [1.82, 2.24) is 0 Å². The summed E-state index contributed by atoms with van der Waals surface area (Å²) in [5.74, 6) is -2.41. The smallest absolute Gasteiger partial charge is 0.303 e. The first-order valence-corrected chi connectivity index (χ1v) is 7.96. The zero-order valence-electron chi connectivity index (χ0n) is 15.0. The molecule has 0 aromatic carbocycles. The van der Waals surface area contributed by atoms with E-state index in [4.69, 9.17) is 23.7 Å². The van der Waals surface area contributed by atoms with Crippen LogP contribution in [0.3, 0.4) is 0 Å². The van der Waals surface area contributed by atoms with Crippen LogP contribution in [0.25, 0.3) is 0 Å². The molecule has 5 atom stereocenters. The summed E-state index contributed by atoms with van der Waals surface area (Å²) in [5.41, 5.74) is 0. The van der Waals surface area contributed by atoms with E-state index < -0.39 is 54.4 Å². The molecule has 1 aliphatic rings. The Morgan fingerprint density at radius 2 is 1.16 bits per heavy atom. The van der Waals surface area contributed by atoms with Gasteiger partial charge in [0.15, 0.2) is 18.3 Å². The molecule has 0 aliphatic carbocycles. The number of hydrogen-bond acceptors (Lipinski definition) is 9. The fraction of sp³-hybridized carbons (Fsp3) is 0.750. The Labute approximate surface area is 145 Å². The zero-order chi connectivity index (χ0) is 19.1. The lowest BCUT2D eigenvalue weighted by molar-refractivity contribution is -0.252. The van der Waals surface area contributed by atoms with Gasteiger partial charge in [0.2, 0.25) is 0 Å². The lowest BCUT2D eigenvalue weighted by Crippen LogP contribution is -2.62. The molecule has 142 valence electrons. The van der Waals surface area contributed by atoms with E-state index in [0.29, 0.717) is 6.42 Å². The highest BCUT2D eigenvalue weighted by atomic mass is 16.7. The Bertz CT molecular complexity index is 516. The van der Waals surface area contributed by atoms with Gasteiger partial charge in [-0.1, -0.05) is 6.92 Å². The standard InChI is InChI=1S/C16H24O9/c1-6-12-14(22-9(3)18)16(24-11(5)20)15(23-10(4)19)13(25-12)7-21-8(2)17/h12-16H,6-7H2,1-5H3/t12-,13-,14+,15+,16-/m1/s1. The molecule has 0 N–H and O–H groups in total. The van der Waals surface area contributed by atoms with Crippen LogP contribution in [0.2, 0.25) is 0 Å². The Kier molecular flexibility index (Phi) is 7.82. The number of ether oxygens (including phenoxy) is 5. The zero-order valence-corrected chi connectivity index (χ0v) is 15.0. The molecular formula is C16H24O9. The Hall–Kier alpha value is -2.16. The Balaban J connectivity index is 3.18. The van der Waals surface area contributed by atoms with E-state index in [0.717, 1.165) is 0 Å². The summed E-state index contributed by atoms with van der Waals surface area (Å²) < 4.78 is 26.5. The average molecular weight is 360 g/mol. The van der Waals surface area contributed by atoms with Gasteiger partial charge in [-0.15, -0.1) is 0 Å². The highest BCUT2D eigenvalue weighted by Gasteiger charge is 2.51. The summed E-state index contributed by atoms with van der Waals surface area (Å²) in [6, 6.07) is 0. The quantitative estimate of drug-likeness (QED) is 0.494. The van der Waals surface area contributed by atoms with Crippen LogP contribution < -0.4 is 0 Å². The molecular weight excluding hydrogens is 336 g/mol. The van der Waals surface area contributed by atoms with Crippen molar-refractivity contribution in [1.29, 1.82) is 0 Å². The number of carbonyl (C=O) groups is 4. The molecule has 1 heterocycles. The fourth-order valence-electron chi connectivity index (χ4n) is 2.65. The number of rotatable bonds is 6. The van der Waals surface area contributed by atoms with E-state index in [1.54, 1.807) is 6.92 Å². The summed E-state index contributed by atoms with van der Waals surface area (Å²) in [4.78, 5) is 45.5. The fourth-order valence-corrected chi connectivity index (χ4v) is 2.65. The monoisotopic (exact) mass is 360 g/mol. The molecule has 0 bridgehead atoms. The molecule has 0 unspecified atom stereocenters. The molecule has 1 aliphatic heterocycles. The molecule has 9 nitrogen and oxygen atoms in total. The summed E-state index contributed by atoms with van der Waals surface area (Å²) in [6.07, 6.45) is -4.18. The maximum Gasteiger partial charge on any atom is 0.303 e. The minimum absolute atomic E-state index is 0.200. The Morgan fingerprint density at radius 3 is 1.56 bits per heavy atom. The SMILES string of the molecule is CC[C@H]1O[C@H](COC(C)=O)[C@H](OC(C)=O)[C@H](OC(C)=O)[C@H]1OC(C)=O. The van der Waals surface area contributed by atoms with E-state index in [9.17, 15) is 19.2 Å². The van der Waals surface area contributed by atoms with E-state index >= 15 is 0 Å². The van der Waals surface area contributed by atoms with Crippen molar-refractivity contribution in [3.05, 3.63) is 0 Å². The van der Waals surface area contributed by atoms with Crippen molar-refractivity contribution in [2.24, 2.45) is 0 Å². The third-order valence-corrected chi connectivity index (χ3v) is 3.49. The van der Waals surface area contributed by atoms with E-state index in [1.165, 1.54) is 27.7 Å². The van der Waals surface area contributed by atoms with Gasteiger partial charge in [-0.2, -0.15) is 0 Å². The molecule has 9 heteroatoms. The molecule has 0 aromatic rings. The van der Waals surface area contributed by atoms with Gasteiger partial charge in [-0.25, -0.2) is 0 Å². The van der Waals surface area contributed by atoms with Crippen molar-refractivity contribution in [2.45, 2.75) is 71.6 Å². The van der Waals surface area contributed by atoms with Crippen LogP contribution in [-0.4, -0.2) is 61.0 Å². The van der Waals surface area contributed by atoms with Crippen LogP contribution in [0.4, 0.5) is 0 Å². The normalized spacial score (nSPS) is 28.6. The first kappa shape index (κ1) is 20.9. The molecule has 1 rings (SSSR count). The van der Waals surface area contributed by atoms with Gasteiger partial charge in [0.1, 0.15) is 12.7 Å². The second kappa shape index (κ2) is 9.36. The summed E-state index contributed by atoms with van der Waals surface area (Å²) >= 11 is 0. The van der Waals surface area contributed by atoms with Gasteiger partial charge in [0.25, 0.3) is 0 Å². The molecule has 25 heavy (non-hydrogen) atoms. The van der Waals surface area contributed by atoms with Crippen LogP contribution in [0.5, 0.6) is 0 Å². The van der Waals surface area contributed by atoms with Crippen LogP contribution in [-0.2, 0) is 42.9 Å². The third-order valence-electron chi connectivity index (χ3n) is 3.49. The van der Waals surface area contributed by atoms with E-state index in [2.05, 4.69) is 0 Å². The maximum absolute atomic E-state index is 11.5. The van der Waals surface area contributed by atoms with Crippen molar-refractivity contribution in [3.63, 3.8) is 0 Å². The molecule has 0 amide bonds. The molecule has 1 fully saturated rings. The predicted molar refractivity (Wildman–Crippen MR) is 82.2 cm³/mol. The first-order chi connectivity index (χ1) is 11.6. The van der Waals surface area contributed by atoms with Crippen molar-refractivity contribution in [3.8, 4) is 0 Å². The highest BCUT2D eigenvalue weighted by Crippen LogP contribution is 2.30. The second-order valence-corrected chi connectivity index (χ2v) is 5.65. The van der Waals surface area contributed by atoms with Crippen LogP contribution >= 0.6 is 0 Å². The van der Waals surface area contributed by atoms with Gasteiger partial charge in [-0.3, -0.25) is 19.2 Å². The van der Waals surface area contributed by atoms with Gasteiger partial charge in [0, 0.05) is 27.7 Å². The number of hydrogen-bond donors (Lipinski definition) is 0. The molecule has 0 radical (unpaired) electrons. The van der Waals surface area contributed by atoms with Gasteiger partial charge in [0.05, 0.1) is 6.10 Å². The predicted octanol–water partition coefficient (Wildman–Crippen LogP) is 0.522. The largest absolute Gasteiger partial charge is 0.463 e. The molecule has 0 saturated carbocycles.